The van der Waals surface area contributed by atoms with Crippen LogP contribution < -0.4 is 5.73 Å². The van der Waals surface area contributed by atoms with E-state index in [1.807, 2.05) is 12.1 Å². The molecule has 2 N–H and O–H groups in total. The number of rotatable bonds is 3. The van der Waals surface area contributed by atoms with Crippen molar-refractivity contribution in [3.63, 3.8) is 0 Å². The molecule has 2 rings (SSSR count). The highest BCUT2D eigenvalue weighted by molar-refractivity contribution is 7.91. The molecule has 0 amide bonds. The molecule has 0 aromatic heterocycles. The van der Waals surface area contributed by atoms with Crippen LogP contribution >= 0.6 is 0 Å². The Balaban J connectivity index is 2.48. The van der Waals surface area contributed by atoms with Gasteiger partial charge in [0.25, 0.3) is 0 Å². The molecule has 1 aromatic rings. The van der Waals surface area contributed by atoms with E-state index in [9.17, 15) is 8.42 Å². The van der Waals surface area contributed by atoms with E-state index in [-0.39, 0.29) is 17.6 Å². The molecule has 0 saturated heterocycles. The molecule has 3 nitrogen and oxygen atoms in total. The third kappa shape index (κ3) is 2.11. The van der Waals surface area contributed by atoms with Gasteiger partial charge in [-0.15, -0.1) is 0 Å². The Morgan fingerprint density at radius 3 is 2.59 bits per heavy atom. The highest BCUT2D eigenvalue weighted by atomic mass is 32.2. The van der Waals surface area contributed by atoms with Crippen LogP contribution in [0.5, 0.6) is 0 Å². The van der Waals surface area contributed by atoms with E-state index in [1.54, 1.807) is 12.1 Å². The molecule has 1 aromatic carbocycles. The van der Waals surface area contributed by atoms with Gasteiger partial charge in [-0.05, 0) is 30.0 Å². The van der Waals surface area contributed by atoms with Gasteiger partial charge in [0.1, 0.15) is 0 Å². The summed E-state index contributed by atoms with van der Waals surface area (Å²) in [5, 5.41) is 0. The highest BCUT2D eigenvalue weighted by Crippen LogP contribution is 2.41. The van der Waals surface area contributed by atoms with E-state index < -0.39 is 9.84 Å². The Bertz CT molecular complexity index is 508. The number of fused-ring (bicyclic) bond motifs is 1. The SMILES string of the molecule is CC(C)C(CN)C1CS(=O)(=O)c2ccccc21. The number of hydrogen-bond donors (Lipinski definition) is 1. The van der Waals surface area contributed by atoms with E-state index >= 15 is 0 Å². The van der Waals surface area contributed by atoms with Crippen molar-refractivity contribution in [3.05, 3.63) is 29.8 Å². The number of sulfone groups is 1. The Morgan fingerprint density at radius 1 is 1.35 bits per heavy atom. The minimum absolute atomic E-state index is 0.0567. The van der Waals surface area contributed by atoms with Gasteiger partial charge in [-0.2, -0.15) is 0 Å². The lowest BCUT2D eigenvalue weighted by molar-refractivity contribution is 0.344. The van der Waals surface area contributed by atoms with Crippen LogP contribution in [0.4, 0.5) is 0 Å². The predicted molar refractivity (Wildman–Crippen MR) is 68.6 cm³/mol. The molecule has 0 bridgehead atoms. The fourth-order valence-electron chi connectivity index (χ4n) is 2.74. The lowest BCUT2D eigenvalue weighted by Crippen LogP contribution is -2.27. The average Bonchev–Trinajstić information content (AvgIpc) is 2.53. The summed E-state index contributed by atoms with van der Waals surface area (Å²) in [6, 6.07) is 7.32. The number of hydrogen-bond acceptors (Lipinski definition) is 3. The van der Waals surface area contributed by atoms with Crippen LogP contribution in [0.3, 0.4) is 0 Å². The van der Waals surface area contributed by atoms with Crippen molar-refractivity contribution in [1.82, 2.24) is 0 Å². The Kier molecular flexibility index (Phi) is 3.27. The second-order valence-corrected chi connectivity index (χ2v) is 7.07. The molecule has 0 aliphatic carbocycles. The second-order valence-electron chi connectivity index (χ2n) is 5.07. The minimum atomic E-state index is -3.10. The van der Waals surface area contributed by atoms with Gasteiger partial charge < -0.3 is 5.73 Å². The normalized spacial score (nSPS) is 23.6. The number of nitrogens with two attached hydrogens (primary N) is 1. The fourth-order valence-corrected chi connectivity index (χ4v) is 4.68. The number of benzene rings is 1. The summed E-state index contributed by atoms with van der Waals surface area (Å²) in [5.74, 6) is 0.896. The van der Waals surface area contributed by atoms with Gasteiger partial charge in [0.15, 0.2) is 9.84 Å². The van der Waals surface area contributed by atoms with Crippen molar-refractivity contribution < 1.29 is 8.42 Å². The molecule has 4 heteroatoms. The molecule has 1 heterocycles. The topological polar surface area (TPSA) is 60.2 Å². The molecule has 17 heavy (non-hydrogen) atoms. The summed E-state index contributed by atoms with van der Waals surface area (Å²) < 4.78 is 24.1. The van der Waals surface area contributed by atoms with Crippen LogP contribution in [0.2, 0.25) is 0 Å². The van der Waals surface area contributed by atoms with Crippen LogP contribution in [0.25, 0.3) is 0 Å². The van der Waals surface area contributed by atoms with Gasteiger partial charge in [-0.1, -0.05) is 32.0 Å². The highest BCUT2D eigenvalue weighted by Gasteiger charge is 2.39. The molecule has 2 atom stereocenters. The van der Waals surface area contributed by atoms with Gasteiger partial charge in [-0.25, -0.2) is 8.42 Å². The maximum atomic E-state index is 12.1. The third-order valence-corrected chi connectivity index (χ3v) is 5.54. The van der Waals surface area contributed by atoms with Gasteiger partial charge >= 0.3 is 0 Å². The van der Waals surface area contributed by atoms with Crippen molar-refractivity contribution in [2.75, 3.05) is 12.3 Å². The summed E-state index contributed by atoms with van der Waals surface area (Å²) in [6.07, 6.45) is 0. The molecule has 0 saturated carbocycles. The van der Waals surface area contributed by atoms with Crippen LogP contribution in [-0.2, 0) is 9.84 Å². The molecule has 1 aliphatic rings. The Morgan fingerprint density at radius 2 is 2.00 bits per heavy atom. The molecule has 0 radical (unpaired) electrons. The van der Waals surface area contributed by atoms with Gasteiger partial charge in [0.2, 0.25) is 0 Å². The molecule has 94 valence electrons. The van der Waals surface area contributed by atoms with Gasteiger partial charge in [0, 0.05) is 5.92 Å². The van der Waals surface area contributed by atoms with E-state index in [0.29, 0.717) is 17.4 Å². The second kappa shape index (κ2) is 4.42. The van der Waals surface area contributed by atoms with Crippen LogP contribution in [-0.4, -0.2) is 20.7 Å². The summed E-state index contributed by atoms with van der Waals surface area (Å²) in [4.78, 5) is 0.504. The molecule has 0 spiro atoms. The third-order valence-electron chi connectivity index (χ3n) is 3.70. The summed E-state index contributed by atoms with van der Waals surface area (Å²) in [6.45, 7) is 4.74. The zero-order valence-corrected chi connectivity index (χ0v) is 11.1. The molecular weight excluding hydrogens is 234 g/mol. The van der Waals surface area contributed by atoms with Crippen molar-refractivity contribution in [2.45, 2.75) is 24.7 Å². The Hall–Kier alpha value is -0.870. The van der Waals surface area contributed by atoms with E-state index in [1.165, 1.54) is 0 Å². The largest absolute Gasteiger partial charge is 0.330 e. The first-order valence-corrected chi connectivity index (χ1v) is 7.64. The standard InChI is InChI=1S/C13H19NO2S/c1-9(2)11(7-14)12-8-17(15,16)13-6-4-3-5-10(12)13/h3-6,9,11-12H,7-8,14H2,1-2H3. The van der Waals surface area contributed by atoms with Gasteiger partial charge in [-0.3, -0.25) is 0 Å². The van der Waals surface area contributed by atoms with Crippen LogP contribution in [0.1, 0.15) is 25.3 Å². The van der Waals surface area contributed by atoms with Crippen LogP contribution in [0.15, 0.2) is 29.2 Å². The zero-order chi connectivity index (χ0) is 12.6. The summed E-state index contributed by atoms with van der Waals surface area (Å²) in [5.41, 5.74) is 6.76. The van der Waals surface area contributed by atoms with Crippen molar-refractivity contribution in [3.8, 4) is 0 Å². The van der Waals surface area contributed by atoms with Crippen molar-refractivity contribution in [1.29, 1.82) is 0 Å². The van der Waals surface area contributed by atoms with Crippen molar-refractivity contribution in [2.24, 2.45) is 17.6 Å². The lowest BCUT2D eigenvalue weighted by atomic mass is 9.80. The van der Waals surface area contributed by atoms with E-state index in [0.717, 1.165) is 5.56 Å². The van der Waals surface area contributed by atoms with Crippen molar-refractivity contribution >= 4 is 9.84 Å². The maximum Gasteiger partial charge on any atom is 0.179 e. The first kappa shape index (κ1) is 12.6. The maximum absolute atomic E-state index is 12.1. The quantitative estimate of drug-likeness (QED) is 0.893. The summed E-state index contributed by atoms with van der Waals surface area (Å²) >= 11 is 0. The Labute approximate surface area is 103 Å². The molecule has 1 aliphatic heterocycles. The first-order valence-electron chi connectivity index (χ1n) is 5.99. The van der Waals surface area contributed by atoms with Gasteiger partial charge in [0.05, 0.1) is 10.6 Å². The first-order chi connectivity index (χ1) is 7.97. The minimum Gasteiger partial charge on any atom is -0.330 e. The molecular formula is C13H19NO2S. The van der Waals surface area contributed by atoms with E-state index in [4.69, 9.17) is 5.73 Å². The fraction of sp³-hybridized carbons (Fsp3) is 0.538. The molecule has 2 unspecified atom stereocenters. The lowest BCUT2D eigenvalue weighted by Gasteiger charge is -2.25. The monoisotopic (exact) mass is 253 g/mol. The average molecular weight is 253 g/mol. The summed E-state index contributed by atoms with van der Waals surface area (Å²) in [7, 11) is -3.10. The molecule has 0 fully saturated rings. The van der Waals surface area contributed by atoms with E-state index in [2.05, 4.69) is 13.8 Å². The predicted octanol–water partition coefficient (Wildman–Crippen LogP) is 1.79. The van der Waals surface area contributed by atoms with Crippen LogP contribution in [0, 0.1) is 11.8 Å². The smallest absolute Gasteiger partial charge is 0.179 e. The zero-order valence-electron chi connectivity index (χ0n) is 10.3.